The molecule has 0 saturated carbocycles. The Kier molecular flexibility index (Phi) is 4.54. The van der Waals surface area contributed by atoms with E-state index in [4.69, 9.17) is 18.8 Å². The van der Waals surface area contributed by atoms with E-state index in [1.165, 1.54) is 26.4 Å². The lowest BCUT2D eigenvalue weighted by Gasteiger charge is -2.10. The number of hydrogen-bond acceptors (Lipinski definition) is 4. The van der Waals surface area contributed by atoms with Crippen LogP contribution in [0, 0.1) is 0 Å². The van der Waals surface area contributed by atoms with Gasteiger partial charge >= 0.3 is 0 Å². The first-order valence-electron chi connectivity index (χ1n) is 4.09. The lowest BCUT2D eigenvalue weighted by molar-refractivity contribution is 0.0490. The third-order valence-electron chi connectivity index (χ3n) is 1.67. The molecule has 1 unspecified atom stereocenters. The summed E-state index contributed by atoms with van der Waals surface area (Å²) in [6, 6.07) is 4.50. The van der Waals surface area contributed by atoms with Crippen LogP contribution in [0.3, 0.4) is 0 Å². The molecule has 5 nitrogen and oxygen atoms in total. The molecule has 0 aliphatic heterocycles. The Morgan fingerprint density at radius 2 is 2.07 bits per heavy atom. The summed E-state index contributed by atoms with van der Waals surface area (Å²) >= 11 is -2.03. The van der Waals surface area contributed by atoms with Gasteiger partial charge < -0.3 is 18.8 Å². The van der Waals surface area contributed by atoms with Crippen LogP contribution < -0.4 is 9.47 Å². The summed E-state index contributed by atoms with van der Waals surface area (Å²) in [4.78, 5) is 0.252. The van der Waals surface area contributed by atoms with E-state index >= 15 is 0 Å². The second-order valence-electron chi connectivity index (χ2n) is 2.61. The molecule has 6 heteroatoms. The van der Waals surface area contributed by atoms with Gasteiger partial charge in [0, 0.05) is 13.2 Å². The maximum Gasteiger partial charge on any atom is 0.188 e. The number of benzene rings is 1. The van der Waals surface area contributed by atoms with Crippen LogP contribution in [0.1, 0.15) is 0 Å². The Morgan fingerprint density at radius 3 is 2.60 bits per heavy atom. The molecule has 1 rings (SSSR count). The van der Waals surface area contributed by atoms with Gasteiger partial charge in [0.25, 0.3) is 0 Å². The molecule has 84 valence electrons. The van der Waals surface area contributed by atoms with Crippen molar-refractivity contribution in [3.63, 3.8) is 0 Å². The minimum absolute atomic E-state index is 0.0534. The Hall–Kier alpha value is -1.11. The second-order valence-corrected chi connectivity index (χ2v) is 3.58. The van der Waals surface area contributed by atoms with Crippen molar-refractivity contribution in [1.82, 2.24) is 0 Å². The fourth-order valence-corrected chi connectivity index (χ4v) is 1.39. The summed E-state index contributed by atoms with van der Waals surface area (Å²) in [7, 11) is 2.98. The van der Waals surface area contributed by atoms with Crippen LogP contribution in [-0.2, 0) is 15.8 Å². The van der Waals surface area contributed by atoms with Gasteiger partial charge in [-0.05, 0) is 12.1 Å². The van der Waals surface area contributed by atoms with E-state index in [1.54, 1.807) is 6.07 Å². The third kappa shape index (κ3) is 3.19. The first-order valence-corrected chi connectivity index (χ1v) is 5.20. The molecule has 0 aliphatic carbocycles. The van der Waals surface area contributed by atoms with Crippen LogP contribution >= 0.6 is 0 Å². The van der Waals surface area contributed by atoms with Crippen LogP contribution in [0.2, 0.25) is 0 Å². The predicted octanol–water partition coefficient (Wildman–Crippen LogP) is 1.26. The maximum atomic E-state index is 10.8. The first-order chi connectivity index (χ1) is 7.19. The zero-order valence-corrected chi connectivity index (χ0v) is 9.24. The number of methoxy groups -OCH3 is 2. The molecule has 0 heterocycles. The van der Waals surface area contributed by atoms with Gasteiger partial charge in [0.15, 0.2) is 29.4 Å². The van der Waals surface area contributed by atoms with Crippen LogP contribution in [0.4, 0.5) is 0 Å². The molecule has 0 amide bonds. The molecule has 0 aliphatic rings. The van der Waals surface area contributed by atoms with E-state index in [9.17, 15) is 4.21 Å². The summed E-state index contributed by atoms with van der Waals surface area (Å²) in [6.07, 6.45) is 0. The van der Waals surface area contributed by atoms with Crippen LogP contribution in [0.15, 0.2) is 23.1 Å². The average molecular weight is 232 g/mol. The topological polar surface area (TPSA) is 65.0 Å². The normalized spacial score (nSPS) is 12.2. The molecule has 1 N–H and O–H groups in total. The van der Waals surface area contributed by atoms with Gasteiger partial charge in [0.1, 0.15) is 0 Å². The summed E-state index contributed by atoms with van der Waals surface area (Å²) in [5.74, 6) is 0.862. The first kappa shape index (κ1) is 12.0. The van der Waals surface area contributed by atoms with Gasteiger partial charge in [0.05, 0.1) is 12.0 Å². The van der Waals surface area contributed by atoms with Crippen molar-refractivity contribution in [2.75, 3.05) is 21.0 Å². The number of hydrogen-bond donors (Lipinski definition) is 1. The molecular formula is C9H12O5S. The van der Waals surface area contributed by atoms with Crippen molar-refractivity contribution in [2.45, 2.75) is 4.90 Å². The van der Waals surface area contributed by atoms with Crippen molar-refractivity contribution in [3.8, 4) is 11.5 Å². The summed E-state index contributed by atoms with van der Waals surface area (Å²) in [5.41, 5.74) is 0. The summed E-state index contributed by atoms with van der Waals surface area (Å²) in [5, 5.41) is 0. The lowest BCUT2D eigenvalue weighted by atomic mass is 10.3. The van der Waals surface area contributed by atoms with E-state index < -0.39 is 11.1 Å². The monoisotopic (exact) mass is 232 g/mol. The van der Waals surface area contributed by atoms with Crippen molar-refractivity contribution in [1.29, 1.82) is 0 Å². The zero-order valence-electron chi connectivity index (χ0n) is 8.43. The molecule has 0 bridgehead atoms. The van der Waals surface area contributed by atoms with E-state index in [0.717, 1.165) is 0 Å². The Labute approximate surface area is 90.2 Å². The average Bonchev–Trinajstić information content (AvgIpc) is 2.25. The number of rotatable bonds is 5. The fraction of sp³-hybridized carbons (Fsp3) is 0.333. The molecule has 1 aromatic carbocycles. The summed E-state index contributed by atoms with van der Waals surface area (Å²) < 4.78 is 34.6. The molecule has 1 atom stereocenters. The van der Waals surface area contributed by atoms with Crippen LogP contribution in [0.25, 0.3) is 0 Å². The minimum atomic E-state index is -2.03. The van der Waals surface area contributed by atoms with E-state index in [0.29, 0.717) is 11.5 Å². The standard InChI is InChI=1S/C9H12O5S/c1-12-6-14-9-5-7(15(10)11)3-4-8(9)13-2/h3-5H,6H2,1-2H3,(H,10,11). The van der Waals surface area contributed by atoms with E-state index in [1.807, 2.05) is 0 Å². The van der Waals surface area contributed by atoms with E-state index in [2.05, 4.69) is 0 Å². The predicted molar refractivity (Wildman–Crippen MR) is 54.5 cm³/mol. The largest absolute Gasteiger partial charge is 0.493 e. The highest BCUT2D eigenvalue weighted by Gasteiger charge is 2.08. The van der Waals surface area contributed by atoms with Gasteiger partial charge in [-0.2, -0.15) is 0 Å². The Bertz CT molecular complexity index is 352. The molecule has 1 aromatic rings. The molecule has 15 heavy (non-hydrogen) atoms. The molecular weight excluding hydrogens is 220 g/mol. The smallest absolute Gasteiger partial charge is 0.188 e. The van der Waals surface area contributed by atoms with Gasteiger partial charge in [-0.3, -0.25) is 0 Å². The molecule has 0 aromatic heterocycles. The SMILES string of the molecule is COCOc1cc(S(=O)O)ccc1OC. The van der Waals surface area contributed by atoms with E-state index in [-0.39, 0.29) is 11.7 Å². The van der Waals surface area contributed by atoms with Gasteiger partial charge in [-0.15, -0.1) is 0 Å². The molecule has 0 fully saturated rings. The fourth-order valence-electron chi connectivity index (χ4n) is 1.00. The Morgan fingerprint density at radius 1 is 1.33 bits per heavy atom. The van der Waals surface area contributed by atoms with Gasteiger partial charge in [-0.25, -0.2) is 4.21 Å². The Balaban J connectivity index is 2.96. The molecule has 0 radical (unpaired) electrons. The van der Waals surface area contributed by atoms with Crippen molar-refractivity contribution in [3.05, 3.63) is 18.2 Å². The third-order valence-corrected chi connectivity index (χ3v) is 2.33. The number of ether oxygens (including phenoxy) is 3. The van der Waals surface area contributed by atoms with Crippen LogP contribution in [-0.4, -0.2) is 29.8 Å². The minimum Gasteiger partial charge on any atom is -0.493 e. The van der Waals surface area contributed by atoms with Crippen LogP contribution in [0.5, 0.6) is 11.5 Å². The highest BCUT2D eigenvalue weighted by atomic mass is 32.2. The maximum absolute atomic E-state index is 10.8. The highest BCUT2D eigenvalue weighted by Crippen LogP contribution is 2.28. The van der Waals surface area contributed by atoms with Crippen molar-refractivity contribution < 1.29 is 23.0 Å². The van der Waals surface area contributed by atoms with Crippen molar-refractivity contribution in [2.24, 2.45) is 0 Å². The van der Waals surface area contributed by atoms with Crippen molar-refractivity contribution >= 4 is 11.1 Å². The van der Waals surface area contributed by atoms with Gasteiger partial charge in [-0.1, -0.05) is 0 Å². The highest BCUT2D eigenvalue weighted by molar-refractivity contribution is 7.79. The molecule has 0 spiro atoms. The van der Waals surface area contributed by atoms with Gasteiger partial charge in [0.2, 0.25) is 0 Å². The molecule has 0 saturated heterocycles. The second kappa shape index (κ2) is 5.69. The quantitative estimate of drug-likeness (QED) is 0.611. The zero-order chi connectivity index (χ0) is 11.3. The lowest BCUT2D eigenvalue weighted by Crippen LogP contribution is -2.01. The summed E-state index contributed by atoms with van der Waals surface area (Å²) in [6.45, 7) is 0.0534.